The minimum Gasteiger partial charge on any atom is -0.510 e. The minimum absolute atomic E-state index is 0.0449. The van der Waals surface area contributed by atoms with Crippen LogP contribution >= 0.6 is 11.3 Å². The summed E-state index contributed by atoms with van der Waals surface area (Å²) >= 11 is 1.39. The Morgan fingerprint density at radius 3 is 2.55 bits per heavy atom. The standard InChI is InChI=1S/C27H27N3O7S/c1-4-11-8-14(16-6-5-7-38-16)20(29-37)18-13(11)9-12-10-15-21(30(2)3)23(32)19(26(28)35)25(34)27(15,36)24(33)17(12)22(18)31/h5-8,12,15,21,32-33,36H,4,9-10H2,1-3H3,(H2,28,35)/t12?,15-,21-,27-/m0/s1. The molecule has 3 aliphatic rings. The number of nitrogens with two attached hydrogens (primary N) is 1. The molecule has 198 valence electrons. The van der Waals surface area contributed by atoms with E-state index in [9.17, 15) is 34.6 Å². The Bertz CT molecular complexity index is 1470. The van der Waals surface area contributed by atoms with Crippen LogP contribution in [0.4, 0.5) is 5.69 Å². The number of fused-ring (bicyclic) bond motifs is 3. The number of amides is 1. The van der Waals surface area contributed by atoms with Gasteiger partial charge >= 0.3 is 0 Å². The number of likely N-dealkylation sites (N-methyl/N-ethyl adjacent to an activating group) is 1. The molecule has 0 saturated heterocycles. The Balaban J connectivity index is 1.77. The molecular formula is C27H27N3O7S. The highest BCUT2D eigenvalue weighted by Crippen LogP contribution is 2.53. The largest absolute Gasteiger partial charge is 0.510 e. The minimum atomic E-state index is -2.67. The molecule has 4 atom stereocenters. The maximum absolute atomic E-state index is 14.1. The number of carbonyl (C=O) groups excluding carboxylic acids is 3. The Morgan fingerprint density at radius 2 is 2.00 bits per heavy atom. The number of nitroso groups, excluding NO2 is 1. The van der Waals surface area contributed by atoms with E-state index in [1.54, 1.807) is 14.1 Å². The van der Waals surface area contributed by atoms with Gasteiger partial charge in [0.25, 0.3) is 5.91 Å². The first-order valence-electron chi connectivity index (χ1n) is 12.2. The van der Waals surface area contributed by atoms with Crippen LogP contribution in [0.2, 0.25) is 0 Å². The van der Waals surface area contributed by atoms with Crippen LogP contribution < -0.4 is 5.73 Å². The number of rotatable bonds is 5. The van der Waals surface area contributed by atoms with Gasteiger partial charge in [-0.25, -0.2) is 0 Å². The number of carbonyl (C=O) groups is 3. The molecule has 38 heavy (non-hydrogen) atoms. The Kier molecular flexibility index (Phi) is 6.13. The number of hydrogen-bond acceptors (Lipinski definition) is 10. The second kappa shape index (κ2) is 8.97. The van der Waals surface area contributed by atoms with E-state index < -0.39 is 58.0 Å². The SMILES string of the molecule is CCc1cc(-c2cccs2)c(N=O)c2c1CC1C[C@H]3[C@H](N(C)C)C(O)=C(C(N)=O)C(=O)[C@@]3(O)C(O)=C1C2=O. The van der Waals surface area contributed by atoms with Crippen molar-refractivity contribution < 1.29 is 29.7 Å². The van der Waals surface area contributed by atoms with Crippen molar-refractivity contribution in [2.45, 2.75) is 37.8 Å². The van der Waals surface area contributed by atoms with Gasteiger partial charge in [-0.2, -0.15) is 0 Å². The molecule has 1 unspecified atom stereocenters. The summed E-state index contributed by atoms with van der Waals surface area (Å²) in [5.41, 5.74) is 3.67. The molecule has 11 heteroatoms. The zero-order valence-corrected chi connectivity index (χ0v) is 21.8. The van der Waals surface area contributed by atoms with Crippen LogP contribution in [0, 0.1) is 16.7 Å². The maximum Gasteiger partial charge on any atom is 0.255 e. The highest BCUT2D eigenvalue weighted by Gasteiger charge is 2.63. The van der Waals surface area contributed by atoms with Gasteiger partial charge in [0.15, 0.2) is 11.4 Å². The van der Waals surface area contributed by atoms with Crippen molar-refractivity contribution in [3.8, 4) is 10.4 Å². The van der Waals surface area contributed by atoms with Crippen molar-refractivity contribution in [1.29, 1.82) is 0 Å². The number of ketones is 2. The van der Waals surface area contributed by atoms with Crippen LogP contribution in [0.5, 0.6) is 0 Å². The van der Waals surface area contributed by atoms with E-state index in [0.29, 0.717) is 17.5 Å². The molecule has 0 radical (unpaired) electrons. The zero-order valence-electron chi connectivity index (χ0n) is 21.0. The quantitative estimate of drug-likeness (QED) is 0.333. The van der Waals surface area contributed by atoms with Gasteiger partial charge in [-0.05, 0) is 73.1 Å². The van der Waals surface area contributed by atoms with E-state index in [1.807, 2.05) is 30.5 Å². The van der Waals surface area contributed by atoms with Gasteiger partial charge < -0.3 is 21.1 Å². The third-order valence-corrected chi connectivity index (χ3v) is 8.98. The van der Waals surface area contributed by atoms with E-state index in [2.05, 4.69) is 5.18 Å². The molecule has 0 saturated carbocycles. The zero-order chi connectivity index (χ0) is 27.7. The highest BCUT2D eigenvalue weighted by atomic mass is 32.1. The Labute approximate surface area is 222 Å². The fourth-order valence-corrected chi connectivity index (χ4v) is 7.17. The number of aliphatic hydroxyl groups excluding tert-OH is 2. The topological polar surface area (TPSA) is 171 Å². The molecule has 0 aliphatic heterocycles. The molecule has 10 nitrogen and oxygen atoms in total. The summed E-state index contributed by atoms with van der Waals surface area (Å²) in [6.07, 6.45) is 0.874. The van der Waals surface area contributed by atoms with E-state index >= 15 is 0 Å². The molecule has 2 aromatic rings. The van der Waals surface area contributed by atoms with Crippen LogP contribution in [0.1, 0.15) is 34.8 Å². The molecule has 1 amide bonds. The van der Waals surface area contributed by atoms with Crippen LogP contribution in [0.3, 0.4) is 0 Å². The summed E-state index contributed by atoms with van der Waals surface area (Å²) < 4.78 is 0. The van der Waals surface area contributed by atoms with Gasteiger partial charge in [-0.1, -0.05) is 13.0 Å². The third-order valence-electron chi connectivity index (χ3n) is 8.07. The van der Waals surface area contributed by atoms with Gasteiger partial charge in [0.05, 0.1) is 11.6 Å². The normalized spacial score (nSPS) is 26.8. The molecule has 3 aliphatic carbocycles. The van der Waals surface area contributed by atoms with Crippen LogP contribution in [0.15, 0.2) is 51.4 Å². The summed E-state index contributed by atoms with van der Waals surface area (Å²) in [4.78, 5) is 54.0. The summed E-state index contributed by atoms with van der Waals surface area (Å²) in [5.74, 6) is -6.37. The lowest BCUT2D eigenvalue weighted by Gasteiger charge is -2.50. The van der Waals surface area contributed by atoms with E-state index in [1.165, 1.54) is 16.2 Å². The number of allylic oxidation sites excluding steroid dienone is 1. The molecule has 1 aromatic heterocycles. The average Bonchev–Trinajstić information content (AvgIpc) is 3.40. The molecule has 1 aromatic carbocycles. The molecule has 0 fully saturated rings. The van der Waals surface area contributed by atoms with E-state index in [0.717, 1.165) is 10.4 Å². The summed E-state index contributed by atoms with van der Waals surface area (Å²) in [6.45, 7) is 1.94. The number of hydrogen-bond donors (Lipinski definition) is 4. The molecular weight excluding hydrogens is 510 g/mol. The smallest absolute Gasteiger partial charge is 0.255 e. The van der Waals surface area contributed by atoms with Gasteiger partial charge in [0.2, 0.25) is 5.78 Å². The first-order chi connectivity index (χ1) is 18.0. The lowest BCUT2D eigenvalue weighted by atomic mass is 9.58. The van der Waals surface area contributed by atoms with Crippen LogP contribution in [0.25, 0.3) is 10.4 Å². The van der Waals surface area contributed by atoms with Gasteiger partial charge in [-0.3, -0.25) is 19.3 Å². The third kappa shape index (κ3) is 3.35. The predicted molar refractivity (Wildman–Crippen MR) is 140 cm³/mol. The molecule has 0 spiro atoms. The number of Topliss-reactive ketones (excluding diaryl/α,β-unsaturated/α-hetero) is 2. The first kappa shape index (κ1) is 26.0. The molecule has 1 heterocycles. The van der Waals surface area contributed by atoms with E-state index in [4.69, 9.17) is 5.73 Å². The average molecular weight is 538 g/mol. The second-order valence-electron chi connectivity index (χ2n) is 10.2. The fourth-order valence-electron chi connectivity index (χ4n) is 6.43. The second-order valence-corrected chi connectivity index (χ2v) is 11.1. The van der Waals surface area contributed by atoms with Gasteiger partial charge in [0.1, 0.15) is 22.8 Å². The van der Waals surface area contributed by atoms with Crippen molar-refractivity contribution in [2.24, 2.45) is 22.7 Å². The molecule has 5 rings (SSSR count). The number of primary amides is 1. The number of benzene rings is 1. The van der Waals surface area contributed by atoms with Crippen LogP contribution in [-0.4, -0.2) is 63.4 Å². The highest BCUT2D eigenvalue weighted by molar-refractivity contribution is 7.13. The number of thiophene rings is 1. The molecule has 0 bridgehead atoms. The Hall–Kier alpha value is -3.67. The summed E-state index contributed by atoms with van der Waals surface area (Å²) in [7, 11) is 3.19. The fraction of sp³-hybridized carbons (Fsp3) is 0.370. The monoisotopic (exact) mass is 537 g/mol. The van der Waals surface area contributed by atoms with Crippen molar-refractivity contribution in [1.82, 2.24) is 4.90 Å². The van der Waals surface area contributed by atoms with Gasteiger partial charge in [0, 0.05) is 21.9 Å². The summed E-state index contributed by atoms with van der Waals surface area (Å²) in [5, 5.41) is 39.1. The first-order valence-corrected chi connectivity index (χ1v) is 13.1. The predicted octanol–water partition coefficient (Wildman–Crippen LogP) is 3.10. The van der Waals surface area contributed by atoms with Crippen molar-refractivity contribution in [2.75, 3.05) is 14.1 Å². The Morgan fingerprint density at radius 1 is 1.29 bits per heavy atom. The molecule has 5 N–H and O–H groups in total. The number of nitrogens with zero attached hydrogens (tertiary/aromatic N) is 2. The lowest BCUT2D eigenvalue weighted by molar-refractivity contribution is -0.148. The van der Waals surface area contributed by atoms with Crippen molar-refractivity contribution in [3.05, 3.63) is 67.8 Å². The van der Waals surface area contributed by atoms with E-state index in [-0.39, 0.29) is 29.7 Å². The maximum atomic E-state index is 14.1. The lowest BCUT2D eigenvalue weighted by Crippen LogP contribution is -2.63. The summed E-state index contributed by atoms with van der Waals surface area (Å²) in [6, 6.07) is 4.47. The van der Waals surface area contributed by atoms with Crippen molar-refractivity contribution >= 4 is 34.5 Å². The number of aliphatic hydroxyl groups is 3. The van der Waals surface area contributed by atoms with Crippen molar-refractivity contribution in [3.63, 3.8) is 0 Å². The van der Waals surface area contributed by atoms with Gasteiger partial charge in [-0.15, -0.1) is 16.2 Å². The van der Waals surface area contributed by atoms with Crippen LogP contribution in [-0.2, 0) is 22.4 Å². The number of aryl methyl sites for hydroxylation is 1.